The van der Waals surface area contributed by atoms with Gasteiger partial charge in [0.05, 0.1) is 42.2 Å². The smallest absolute Gasteiger partial charge is 0.118 e. The predicted molar refractivity (Wildman–Crippen MR) is 92.1 cm³/mol. The molecule has 2 saturated heterocycles. The monoisotopic (exact) mass is 348 g/mol. The Kier molecular flexibility index (Phi) is 4.47. The maximum atomic E-state index is 6.17. The number of ether oxygens (including phenoxy) is 2. The third-order valence-corrected chi connectivity index (χ3v) is 5.70. The van der Waals surface area contributed by atoms with Gasteiger partial charge in [0, 0.05) is 24.9 Å². The first kappa shape index (κ1) is 16.3. The molecule has 4 heterocycles. The number of aryl methyl sites for hydroxylation is 2. The quantitative estimate of drug-likeness (QED) is 0.830. The highest BCUT2D eigenvalue weighted by molar-refractivity contribution is 7.09. The first-order chi connectivity index (χ1) is 11.6. The number of hydrogen-bond acceptors (Lipinski definition) is 6. The first-order valence-corrected chi connectivity index (χ1v) is 9.42. The van der Waals surface area contributed by atoms with Gasteiger partial charge in [-0.1, -0.05) is 0 Å². The summed E-state index contributed by atoms with van der Waals surface area (Å²) < 4.78 is 17.9. The van der Waals surface area contributed by atoms with Crippen molar-refractivity contribution in [1.29, 1.82) is 0 Å². The lowest BCUT2D eigenvalue weighted by Crippen LogP contribution is -2.32. The standard InChI is InChI=1S/C18H24N2O3S/c1-13-3-4-16(23-13)8-20-6-5-18(12-20)7-17(10-22-18)21-9-15-11-24-14(2)19-15/h3-4,11,17H,5-10,12H2,1-2H3/t17-,18+/m1/s1. The second kappa shape index (κ2) is 6.59. The van der Waals surface area contributed by atoms with E-state index in [9.17, 15) is 0 Å². The van der Waals surface area contributed by atoms with Crippen LogP contribution in [0, 0.1) is 13.8 Å². The fraction of sp³-hybridized carbons (Fsp3) is 0.611. The molecule has 2 aliphatic heterocycles. The molecule has 0 unspecified atom stereocenters. The van der Waals surface area contributed by atoms with Crippen molar-refractivity contribution in [2.75, 3.05) is 19.7 Å². The van der Waals surface area contributed by atoms with Gasteiger partial charge < -0.3 is 13.9 Å². The van der Waals surface area contributed by atoms with Gasteiger partial charge in [0.1, 0.15) is 11.5 Å². The van der Waals surface area contributed by atoms with Gasteiger partial charge >= 0.3 is 0 Å². The third-order valence-electron chi connectivity index (χ3n) is 4.88. The van der Waals surface area contributed by atoms with Gasteiger partial charge in [0.15, 0.2) is 0 Å². The first-order valence-electron chi connectivity index (χ1n) is 8.54. The molecule has 2 aliphatic rings. The van der Waals surface area contributed by atoms with Crippen LogP contribution in [0.3, 0.4) is 0 Å². The maximum absolute atomic E-state index is 6.17. The lowest BCUT2D eigenvalue weighted by molar-refractivity contribution is -0.00100. The normalized spacial score (nSPS) is 27.5. The Morgan fingerprint density at radius 3 is 3.08 bits per heavy atom. The number of likely N-dealkylation sites (tertiary alicyclic amines) is 1. The average Bonchev–Trinajstić information content (AvgIpc) is 3.31. The van der Waals surface area contributed by atoms with Crippen LogP contribution in [0.2, 0.25) is 0 Å². The molecule has 130 valence electrons. The van der Waals surface area contributed by atoms with Gasteiger partial charge in [-0.25, -0.2) is 4.98 Å². The van der Waals surface area contributed by atoms with Crippen molar-refractivity contribution >= 4 is 11.3 Å². The van der Waals surface area contributed by atoms with Gasteiger partial charge in [-0.15, -0.1) is 11.3 Å². The van der Waals surface area contributed by atoms with E-state index < -0.39 is 0 Å². The van der Waals surface area contributed by atoms with E-state index in [0.717, 1.165) is 54.7 Å². The van der Waals surface area contributed by atoms with E-state index in [-0.39, 0.29) is 11.7 Å². The van der Waals surface area contributed by atoms with Gasteiger partial charge in [0.25, 0.3) is 0 Å². The molecule has 0 saturated carbocycles. The Morgan fingerprint density at radius 2 is 2.33 bits per heavy atom. The Bertz CT molecular complexity index is 698. The number of furan rings is 1. The summed E-state index contributed by atoms with van der Waals surface area (Å²) in [5, 5.41) is 3.16. The third kappa shape index (κ3) is 3.57. The highest BCUT2D eigenvalue weighted by atomic mass is 32.1. The zero-order valence-electron chi connectivity index (χ0n) is 14.3. The lowest BCUT2D eigenvalue weighted by atomic mass is 9.98. The summed E-state index contributed by atoms with van der Waals surface area (Å²) in [7, 11) is 0. The largest absolute Gasteiger partial charge is 0.465 e. The van der Waals surface area contributed by atoms with E-state index in [1.54, 1.807) is 11.3 Å². The van der Waals surface area contributed by atoms with Gasteiger partial charge in [-0.2, -0.15) is 0 Å². The van der Waals surface area contributed by atoms with E-state index in [4.69, 9.17) is 13.9 Å². The average molecular weight is 348 g/mol. The van der Waals surface area contributed by atoms with Crippen LogP contribution in [-0.4, -0.2) is 41.3 Å². The minimum Gasteiger partial charge on any atom is -0.465 e. The van der Waals surface area contributed by atoms with Gasteiger partial charge in [-0.3, -0.25) is 4.90 Å². The second-order valence-corrected chi connectivity index (χ2v) is 8.02. The minimum atomic E-state index is -0.0374. The van der Waals surface area contributed by atoms with Crippen LogP contribution >= 0.6 is 11.3 Å². The van der Waals surface area contributed by atoms with Crippen molar-refractivity contribution in [3.8, 4) is 0 Å². The molecule has 0 N–H and O–H groups in total. The van der Waals surface area contributed by atoms with Crippen LogP contribution in [0.5, 0.6) is 0 Å². The van der Waals surface area contributed by atoms with Crippen LogP contribution in [0.1, 0.15) is 35.1 Å². The molecule has 4 rings (SSSR count). The van der Waals surface area contributed by atoms with E-state index in [1.165, 1.54) is 0 Å². The predicted octanol–water partition coefficient (Wildman–Crippen LogP) is 3.30. The highest BCUT2D eigenvalue weighted by Gasteiger charge is 2.46. The zero-order valence-corrected chi connectivity index (χ0v) is 15.1. The Hall–Kier alpha value is -1.21. The van der Waals surface area contributed by atoms with E-state index in [1.807, 2.05) is 19.9 Å². The number of thiazole rings is 1. The van der Waals surface area contributed by atoms with E-state index >= 15 is 0 Å². The minimum absolute atomic E-state index is 0.0374. The molecular formula is C18H24N2O3S. The Balaban J connectivity index is 1.28. The molecule has 0 aliphatic carbocycles. The summed E-state index contributed by atoms with van der Waals surface area (Å²) in [5.41, 5.74) is 0.990. The molecule has 0 aromatic carbocycles. The summed E-state index contributed by atoms with van der Waals surface area (Å²) in [6.07, 6.45) is 2.23. The van der Waals surface area contributed by atoms with Crippen molar-refractivity contribution < 1.29 is 13.9 Å². The molecule has 24 heavy (non-hydrogen) atoms. The van der Waals surface area contributed by atoms with Crippen molar-refractivity contribution in [3.05, 3.63) is 39.7 Å². The van der Waals surface area contributed by atoms with Gasteiger partial charge in [-0.05, 0) is 32.4 Å². The summed E-state index contributed by atoms with van der Waals surface area (Å²) in [6, 6.07) is 4.09. The number of rotatable bonds is 5. The molecule has 6 heteroatoms. The molecule has 2 aromatic rings. The Labute approximate surface area is 146 Å². The molecular weight excluding hydrogens is 324 g/mol. The highest BCUT2D eigenvalue weighted by Crippen LogP contribution is 2.37. The lowest BCUT2D eigenvalue weighted by Gasteiger charge is -2.23. The summed E-state index contributed by atoms with van der Waals surface area (Å²) >= 11 is 1.67. The zero-order chi connectivity index (χ0) is 16.6. The molecule has 0 bridgehead atoms. The van der Waals surface area contributed by atoms with Crippen molar-refractivity contribution in [1.82, 2.24) is 9.88 Å². The van der Waals surface area contributed by atoms with Crippen LogP contribution in [-0.2, 0) is 22.6 Å². The molecule has 2 atom stereocenters. The van der Waals surface area contributed by atoms with Crippen LogP contribution < -0.4 is 0 Å². The van der Waals surface area contributed by atoms with Gasteiger partial charge in [0.2, 0.25) is 0 Å². The number of hydrogen-bond donors (Lipinski definition) is 0. The topological polar surface area (TPSA) is 47.7 Å². The summed E-state index contributed by atoms with van der Waals surface area (Å²) in [6.45, 7) is 8.17. The van der Waals surface area contributed by atoms with Crippen LogP contribution in [0.4, 0.5) is 0 Å². The molecule has 5 nitrogen and oxygen atoms in total. The maximum Gasteiger partial charge on any atom is 0.118 e. The molecule has 2 fully saturated rings. The fourth-order valence-electron chi connectivity index (χ4n) is 3.72. The van der Waals surface area contributed by atoms with Crippen LogP contribution in [0.15, 0.2) is 21.9 Å². The van der Waals surface area contributed by atoms with Crippen molar-refractivity contribution in [2.24, 2.45) is 0 Å². The molecule has 0 amide bonds. The Morgan fingerprint density at radius 1 is 1.42 bits per heavy atom. The molecule has 1 spiro atoms. The van der Waals surface area contributed by atoms with E-state index in [2.05, 4.69) is 21.3 Å². The number of aromatic nitrogens is 1. The van der Waals surface area contributed by atoms with Crippen LogP contribution in [0.25, 0.3) is 0 Å². The summed E-state index contributed by atoms with van der Waals surface area (Å²) in [4.78, 5) is 6.88. The molecule has 0 radical (unpaired) electrons. The SMILES string of the molecule is Cc1ccc(CN2CC[C@]3(C[C@@H](OCc4csc(C)n4)CO3)C2)o1. The summed E-state index contributed by atoms with van der Waals surface area (Å²) in [5.74, 6) is 2.01. The van der Waals surface area contributed by atoms with Crippen molar-refractivity contribution in [3.63, 3.8) is 0 Å². The fourth-order valence-corrected chi connectivity index (χ4v) is 4.32. The number of nitrogens with zero attached hydrogens (tertiary/aromatic N) is 2. The van der Waals surface area contributed by atoms with E-state index in [0.29, 0.717) is 13.2 Å². The van der Waals surface area contributed by atoms with Crippen molar-refractivity contribution in [2.45, 2.75) is 51.5 Å². The molecule has 2 aromatic heterocycles. The second-order valence-electron chi connectivity index (χ2n) is 6.96.